The van der Waals surface area contributed by atoms with Crippen molar-refractivity contribution in [3.8, 4) is 11.3 Å². The molecule has 2 N–H and O–H groups in total. The Kier molecular flexibility index (Phi) is 3.99. The molecule has 1 aromatic carbocycles. The van der Waals surface area contributed by atoms with E-state index in [0.717, 1.165) is 24.2 Å². The lowest BCUT2D eigenvalue weighted by Gasteiger charge is -1.99. The van der Waals surface area contributed by atoms with Gasteiger partial charge in [-0.05, 0) is 25.1 Å². The Hall–Kier alpha value is -1.10. The number of benzene rings is 1. The predicted octanol–water partition coefficient (Wildman–Crippen LogP) is 2.60. The average molecular weight is 271 g/mol. The number of hydrogen-bond donors (Lipinski definition) is 1. The summed E-state index contributed by atoms with van der Waals surface area (Å²) in [7, 11) is 0. The average Bonchev–Trinajstić information content (AvgIpc) is 2.79. The van der Waals surface area contributed by atoms with Crippen LogP contribution in [0.25, 0.3) is 11.3 Å². The van der Waals surface area contributed by atoms with Crippen LogP contribution in [-0.2, 0) is 6.54 Å². The number of nitrogens with two attached hydrogens (primary N) is 1. The van der Waals surface area contributed by atoms with E-state index in [4.69, 9.17) is 28.9 Å². The minimum atomic E-state index is 0.515. The van der Waals surface area contributed by atoms with E-state index in [0.29, 0.717) is 16.6 Å². The number of aryl methyl sites for hydroxylation is 1. The summed E-state index contributed by atoms with van der Waals surface area (Å²) < 4.78 is 1.77. The van der Waals surface area contributed by atoms with Crippen LogP contribution < -0.4 is 5.73 Å². The SMILES string of the molecule is NCCCn1cc(-c2ccc(Cl)c(Cl)c2)nn1. The summed E-state index contributed by atoms with van der Waals surface area (Å²) >= 11 is 11.8. The number of rotatable bonds is 4. The molecule has 6 heteroatoms. The molecule has 0 bridgehead atoms. The Bertz CT molecular complexity index is 510. The zero-order valence-corrected chi connectivity index (χ0v) is 10.6. The molecule has 0 atom stereocenters. The fraction of sp³-hybridized carbons (Fsp3) is 0.273. The molecule has 0 aliphatic rings. The first-order valence-electron chi connectivity index (χ1n) is 5.26. The second-order valence-corrected chi connectivity index (χ2v) is 4.45. The summed E-state index contributed by atoms with van der Waals surface area (Å²) in [5.74, 6) is 0. The van der Waals surface area contributed by atoms with Gasteiger partial charge in [0.25, 0.3) is 0 Å². The molecule has 0 radical (unpaired) electrons. The third-order valence-corrected chi connectivity index (χ3v) is 3.08. The maximum absolute atomic E-state index is 5.95. The molecule has 0 aliphatic carbocycles. The van der Waals surface area contributed by atoms with Gasteiger partial charge in [-0.2, -0.15) is 0 Å². The monoisotopic (exact) mass is 270 g/mol. The second-order valence-electron chi connectivity index (χ2n) is 3.64. The van der Waals surface area contributed by atoms with Crippen molar-refractivity contribution >= 4 is 23.2 Å². The second kappa shape index (κ2) is 5.49. The van der Waals surface area contributed by atoms with Gasteiger partial charge in [-0.15, -0.1) is 5.10 Å². The van der Waals surface area contributed by atoms with Crippen LogP contribution in [0.1, 0.15) is 6.42 Å². The van der Waals surface area contributed by atoms with Gasteiger partial charge in [-0.25, -0.2) is 0 Å². The summed E-state index contributed by atoms with van der Waals surface area (Å²) in [4.78, 5) is 0. The molecule has 0 aliphatic heterocycles. The lowest BCUT2D eigenvalue weighted by molar-refractivity contribution is 0.564. The molecule has 1 aromatic heterocycles. The highest BCUT2D eigenvalue weighted by atomic mass is 35.5. The van der Waals surface area contributed by atoms with Gasteiger partial charge in [0.05, 0.1) is 16.2 Å². The van der Waals surface area contributed by atoms with E-state index in [1.807, 2.05) is 12.3 Å². The fourth-order valence-electron chi connectivity index (χ4n) is 1.45. The first-order valence-corrected chi connectivity index (χ1v) is 6.02. The Morgan fingerprint density at radius 3 is 2.76 bits per heavy atom. The Morgan fingerprint density at radius 2 is 2.06 bits per heavy atom. The van der Waals surface area contributed by atoms with Crippen LogP contribution >= 0.6 is 23.2 Å². The van der Waals surface area contributed by atoms with E-state index in [9.17, 15) is 0 Å². The first kappa shape index (κ1) is 12.4. The third kappa shape index (κ3) is 2.97. The van der Waals surface area contributed by atoms with Gasteiger partial charge in [-0.3, -0.25) is 4.68 Å². The van der Waals surface area contributed by atoms with Crippen molar-refractivity contribution in [2.75, 3.05) is 6.54 Å². The van der Waals surface area contributed by atoms with Crippen LogP contribution in [0, 0.1) is 0 Å². The van der Waals surface area contributed by atoms with Crippen molar-refractivity contribution in [3.63, 3.8) is 0 Å². The quantitative estimate of drug-likeness (QED) is 0.929. The van der Waals surface area contributed by atoms with Crippen molar-refractivity contribution in [3.05, 3.63) is 34.4 Å². The lowest BCUT2D eigenvalue weighted by atomic mass is 10.2. The fourth-order valence-corrected chi connectivity index (χ4v) is 1.75. The maximum atomic E-state index is 5.95. The molecule has 0 saturated carbocycles. The van der Waals surface area contributed by atoms with Crippen molar-refractivity contribution < 1.29 is 0 Å². The predicted molar refractivity (Wildman–Crippen MR) is 69.1 cm³/mol. The van der Waals surface area contributed by atoms with Crippen molar-refractivity contribution in [1.29, 1.82) is 0 Å². The number of nitrogens with zero attached hydrogens (tertiary/aromatic N) is 3. The third-order valence-electron chi connectivity index (χ3n) is 2.35. The molecule has 0 spiro atoms. The minimum absolute atomic E-state index is 0.515. The zero-order chi connectivity index (χ0) is 12.3. The standard InChI is InChI=1S/C11H12Cl2N4/c12-9-3-2-8(6-10(9)13)11-7-17(16-15-11)5-1-4-14/h2-3,6-7H,1,4-5,14H2. The van der Waals surface area contributed by atoms with Gasteiger partial charge < -0.3 is 5.73 Å². The summed E-state index contributed by atoms with van der Waals surface area (Å²) in [6, 6.07) is 5.39. The van der Waals surface area contributed by atoms with Gasteiger partial charge >= 0.3 is 0 Å². The van der Waals surface area contributed by atoms with E-state index in [1.165, 1.54) is 0 Å². The molecule has 0 amide bonds. The highest BCUT2D eigenvalue weighted by Gasteiger charge is 2.06. The van der Waals surface area contributed by atoms with Crippen LogP contribution in [0.2, 0.25) is 10.0 Å². The van der Waals surface area contributed by atoms with E-state index < -0.39 is 0 Å². The molecule has 0 unspecified atom stereocenters. The first-order chi connectivity index (χ1) is 8.20. The van der Waals surface area contributed by atoms with Crippen molar-refractivity contribution in [2.24, 2.45) is 5.73 Å². The Balaban J connectivity index is 2.21. The smallest absolute Gasteiger partial charge is 0.113 e. The molecule has 1 heterocycles. The molecule has 2 rings (SSSR count). The molecular formula is C11H12Cl2N4. The zero-order valence-electron chi connectivity index (χ0n) is 9.11. The van der Waals surface area contributed by atoms with E-state index in [-0.39, 0.29) is 0 Å². The minimum Gasteiger partial charge on any atom is -0.330 e. The van der Waals surface area contributed by atoms with Gasteiger partial charge in [0.15, 0.2) is 0 Å². The number of halogens is 2. The van der Waals surface area contributed by atoms with Crippen molar-refractivity contribution in [1.82, 2.24) is 15.0 Å². The van der Waals surface area contributed by atoms with Crippen molar-refractivity contribution in [2.45, 2.75) is 13.0 Å². The Morgan fingerprint density at radius 1 is 1.24 bits per heavy atom. The molecule has 90 valence electrons. The highest BCUT2D eigenvalue weighted by molar-refractivity contribution is 6.42. The van der Waals surface area contributed by atoms with Crippen LogP contribution in [0.4, 0.5) is 0 Å². The number of hydrogen-bond acceptors (Lipinski definition) is 3. The van der Waals surface area contributed by atoms with E-state index in [2.05, 4.69) is 10.3 Å². The summed E-state index contributed by atoms with van der Waals surface area (Å²) in [6.07, 6.45) is 2.75. The Labute approximate surface area is 109 Å². The van der Waals surface area contributed by atoms with Gasteiger partial charge in [-0.1, -0.05) is 34.5 Å². The maximum Gasteiger partial charge on any atom is 0.113 e. The molecule has 17 heavy (non-hydrogen) atoms. The topological polar surface area (TPSA) is 56.7 Å². The highest BCUT2D eigenvalue weighted by Crippen LogP contribution is 2.27. The summed E-state index contributed by atoms with van der Waals surface area (Å²) in [6.45, 7) is 1.41. The van der Waals surface area contributed by atoms with Crippen LogP contribution in [0.5, 0.6) is 0 Å². The lowest BCUT2D eigenvalue weighted by Crippen LogP contribution is -2.06. The summed E-state index contributed by atoms with van der Waals surface area (Å²) in [5.41, 5.74) is 7.12. The summed E-state index contributed by atoms with van der Waals surface area (Å²) in [5, 5.41) is 9.15. The van der Waals surface area contributed by atoms with Crippen LogP contribution in [-0.4, -0.2) is 21.5 Å². The molecular weight excluding hydrogens is 259 g/mol. The van der Waals surface area contributed by atoms with Gasteiger partial charge in [0.2, 0.25) is 0 Å². The van der Waals surface area contributed by atoms with Crippen LogP contribution in [0.15, 0.2) is 24.4 Å². The molecule has 4 nitrogen and oxygen atoms in total. The molecule has 2 aromatic rings. The van der Waals surface area contributed by atoms with Gasteiger partial charge in [0.1, 0.15) is 5.69 Å². The van der Waals surface area contributed by atoms with E-state index >= 15 is 0 Å². The molecule has 0 saturated heterocycles. The molecule has 0 fully saturated rings. The van der Waals surface area contributed by atoms with E-state index in [1.54, 1.807) is 16.8 Å². The van der Waals surface area contributed by atoms with Gasteiger partial charge in [0, 0.05) is 12.1 Å². The largest absolute Gasteiger partial charge is 0.330 e. The number of aromatic nitrogens is 3. The van der Waals surface area contributed by atoms with Crippen LogP contribution in [0.3, 0.4) is 0 Å². The normalized spacial score (nSPS) is 10.8.